The van der Waals surface area contributed by atoms with Crippen LogP contribution < -0.4 is 0 Å². The summed E-state index contributed by atoms with van der Waals surface area (Å²) >= 11 is 0. The van der Waals surface area contributed by atoms with Crippen LogP contribution in [0.2, 0.25) is 0 Å². The number of nitrogens with zero attached hydrogens (tertiary/aromatic N) is 1. The molecule has 248 valence electrons. The van der Waals surface area contributed by atoms with Crippen LogP contribution in [0.5, 0.6) is 0 Å². The Hall–Kier alpha value is -4.52. The molecule has 8 rings (SSSR count). The minimum Gasteiger partial charge on any atom is -0.455 e. The Morgan fingerprint density at radius 2 is 1.25 bits per heavy atom. The maximum atomic E-state index is 13.6. The minimum atomic E-state index is -1.26. The molecule has 5 fully saturated rings. The molecule has 48 heavy (non-hydrogen) atoms. The third kappa shape index (κ3) is 6.73. The van der Waals surface area contributed by atoms with Crippen LogP contribution in [-0.4, -0.2) is 54.2 Å². The number of carbonyl (C=O) groups excluding carboxylic acids is 3. The molecule has 5 atom stereocenters. The van der Waals surface area contributed by atoms with Crippen LogP contribution >= 0.6 is 0 Å². The third-order valence-corrected chi connectivity index (χ3v) is 10.3. The summed E-state index contributed by atoms with van der Waals surface area (Å²) in [7, 11) is 0. The van der Waals surface area contributed by atoms with E-state index >= 15 is 0 Å². The molecule has 9 nitrogen and oxygen atoms in total. The average molecular weight is 650 g/mol. The maximum absolute atomic E-state index is 13.6. The van der Waals surface area contributed by atoms with E-state index in [4.69, 9.17) is 23.7 Å². The zero-order valence-corrected chi connectivity index (χ0v) is 26.9. The highest BCUT2D eigenvalue weighted by Gasteiger charge is 2.57. The van der Waals surface area contributed by atoms with Gasteiger partial charge in [-0.05, 0) is 99.1 Å². The van der Waals surface area contributed by atoms with Gasteiger partial charge < -0.3 is 23.7 Å². The van der Waals surface area contributed by atoms with Crippen molar-refractivity contribution in [1.82, 2.24) is 0 Å². The Balaban J connectivity index is 1.22. The molecule has 0 radical (unpaired) electrons. The average Bonchev–Trinajstić information content (AvgIpc) is 3.08. The summed E-state index contributed by atoms with van der Waals surface area (Å²) in [6.07, 6.45) is 0.614. The largest absolute Gasteiger partial charge is 0.455 e. The van der Waals surface area contributed by atoms with Crippen molar-refractivity contribution in [3.8, 4) is 6.07 Å². The highest BCUT2D eigenvalue weighted by Crippen LogP contribution is 2.58. The molecule has 0 spiro atoms. The first kappa shape index (κ1) is 32.0. The standard InChI is InChI=1S/C39H39NO8/c1-24-33(45-32(41)19-30-14-8-9-15-31(30)23-40)34(46-36(42)28-10-4-2-5-11-28)35(47-37(43)29-12-6-3-7-13-29)38(44-24)48-39-20-25-16-26(21-39)18-27(17-25)22-39/h2-15,24-27,33-35,38H,16-22H2,1H3/t24-,25?,26?,27?,33+,34+,35-,38+,39?/m1/s1. The fourth-order valence-corrected chi connectivity index (χ4v) is 8.58. The van der Waals surface area contributed by atoms with Crippen LogP contribution in [0, 0.1) is 29.1 Å². The van der Waals surface area contributed by atoms with E-state index in [1.54, 1.807) is 91.9 Å². The number of carbonyl (C=O) groups is 3. The van der Waals surface area contributed by atoms with E-state index in [-0.39, 0.29) is 12.0 Å². The summed E-state index contributed by atoms with van der Waals surface area (Å²) in [5.41, 5.74) is 1.01. The second-order valence-corrected chi connectivity index (χ2v) is 13.8. The predicted octanol–water partition coefficient (Wildman–Crippen LogP) is 6.19. The van der Waals surface area contributed by atoms with E-state index in [0.29, 0.717) is 34.4 Å². The SMILES string of the molecule is C[C@H]1O[C@@H](OC23CC4CC(CC(C4)C2)C3)[C@H](OC(=O)c2ccccc2)[C@@H](OC(=O)c2ccccc2)[C@H]1OC(=O)Cc1ccccc1C#N. The van der Waals surface area contributed by atoms with E-state index < -0.39 is 54.2 Å². The van der Waals surface area contributed by atoms with Gasteiger partial charge in [-0.3, -0.25) is 4.79 Å². The van der Waals surface area contributed by atoms with Crippen LogP contribution in [0.1, 0.15) is 77.3 Å². The first-order chi connectivity index (χ1) is 23.3. The first-order valence-electron chi connectivity index (χ1n) is 16.8. The van der Waals surface area contributed by atoms with Gasteiger partial charge in [0.2, 0.25) is 0 Å². The molecule has 4 saturated carbocycles. The molecule has 0 aromatic heterocycles. The lowest BCUT2D eigenvalue weighted by Gasteiger charge is -2.57. The zero-order chi connectivity index (χ0) is 33.3. The van der Waals surface area contributed by atoms with Crippen molar-refractivity contribution in [2.45, 2.75) is 88.2 Å². The highest BCUT2D eigenvalue weighted by molar-refractivity contribution is 5.90. The topological polar surface area (TPSA) is 121 Å². The number of benzene rings is 3. The van der Waals surface area contributed by atoms with Crippen LogP contribution in [0.25, 0.3) is 0 Å². The van der Waals surface area contributed by atoms with E-state index in [1.807, 2.05) is 0 Å². The summed E-state index contributed by atoms with van der Waals surface area (Å²) in [4.78, 5) is 40.7. The van der Waals surface area contributed by atoms with Crippen molar-refractivity contribution in [1.29, 1.82) is 5.26 Å². The number of ether oxygens (including phenoxy) is 5. The van der Waals surface area contributed by atoms with Crippen LogP contribution in [0.15, 0.2) is 84.9 Å². The van der Waals surface area contributed by atoms with Gasteiger partial charge >= 0.3 is 17.9 Å². The number of hydrogen-bond acceptors (Lipinski definition) is 9. The number of nitriles is 1. The van der Waals surface area contributed by atoms with Crippen molar-refractivity contribution < 1.29 is 38.1 Å². The Kier molecular flexibility index (Phi) is 9.04. The lowest BCUT2D eigenvalue weighted by Crippen LogP contribution is -2.64. The molecule has 0 amide bonds. The van der Waals surface area contributed by atoms with Crippen molar-refractivity contribution in [3.05, 3.63) is 107 Å². The third-order valence-electron chi connectivity index (χ3n) is 10.3. The predicted molar refractivity (Wildman–Crippen MR) is 172 cm³/mol. The van der Waals surface area contributed by atoms with Gasteiger partial charge in [-0.25, -0.2) is 9.59 Å². The van der Waals surface area contributed by atoms with Gasteiger partial charge in [-0.2, -0.15) is 5.26 Å². The van der Waals surface area contributed by atoms with Gasteiger partial charge in [0.15, 0.2) is 24.6 Å². The molecule has 3 aromatic rings. The molecule has 9 heteroatoms. The van der Waals surface area contributed by atoms with Gasteiger partial charge in [0, 0.05) is 0 Å². The monoisotopic (exact) mass is 649 g/mol. The molecule has 4 bridgehead atoms. The van der Waals surface area contributed by atoms with Crippen LogP contribution in [0.3, 0.4) is 0 Å². The Bertz CT molecular complexity index is 1650. The van der Waals surface area contributed by atoms with Crippen molar-refractivity contribution >= 4 is 17.9 Å². The molecule has 1 saturated heterocycles. The molecular formula is C39H39NO8. The smallest absolute Gasteiger partial charge is 0.338 e. The fraction of sp³-hybridized carbons (Fsp3) is 0.436. The lowest BCUT2D eigenvalue weighted by molar-refractivity contribution is -0.335. The number of hydrogen-bond donors (Lipinski definition) is 0. The lowest BCUT2D eigenvalue weighted by atomic mass is 9.54. The molecule has 5 aliphatic rings. The first-order valence-corrected chi connectivity index (χ1v) is 16.8. The molecule has 1 aliphatic heterocycles. The van der Waals surface area contributed by atoms with Gasteiger partial charge in [0.05, 0.1) is 40.9 Å². The number of esters is 3. The van der Waals surface area contributed by atoms with E-state index in [9.17, 15) is 19.6 Å². The molecule has 0 N–H and O–H groups in total. The Morgan fingerprint density at radius 3 is 1.81 bits per heavy atom. The molecule has 1 heterocycles. The van der Waals surface area contributed by atoms with Crippen LogP contribution in [-0.2, 0) is 34.9 Å². The van der Waals surface area contributed by atoms with E-state index in [0.717, 1.165) is 19.3 Å². The molecule has 0 unspecified atom stereocenters. The molecule has 3 aromatic carbocycles. The normalized spacial score (nSPS) is 31.8. The second-order valence-electron chi connectivity index (χ2n) is 13.8. The summed E-state index contributed by atoms with van der Waals surface area (Å²) < 4.78 is 31.8. The second kappa shape index (κ2) is 13.5. The molecule has 4 aliphatic carbocycles. The van der Waals surface area contributed by atoms with Gasteiger partial charge in [0.25, 0.3) is 0 Å². The Morgan fingerprint density at radius 1 is 0.729 bits per heavy atom. The fourth-order valence-electron chi connectivity index (χ4n) is 8.58. The van der Waals surface area contributed by atoms with Gasteiger partial charge in [-0.15, -0.1) is 0 Å². The summed E-state index contributed by atoms with van der Waals surface area (Å²) in [6.45, 7) is 1.73. The summed E-state index contributed by atoms with van der Waals surface area (Å²) in [6, 6.07) is 25.9. The van der Waals surface area contributed by atoms with E-state index in [2.05, 4.69) is 6.07 Å². The van der Waals surface area contributed by atoms with Crippen molar-refractivity contribution in [2.24, 2.45) is 17.8 Å². The summed E-state index contributed by atoms with van der Waals surface area (Å²) in [5, 5.41) is 9.56. The van der Waals surface area contributed by atoms with Gasteiger partial charge in [-0.1, -0.05) is 54.6 Å². The van der Waals surface area contributed by atoms with Crippen molar-refractivity contribution in [2.75, 3.05) is 0 Å². The van der Waals surface area contributed by atoms with Gasteiger partial charge in [0.1, 0.15) is 0 Å². The summed E-state index contributed by atoms with van der Waals surface area (Å²) in [5.74, 6) is -0.211. The minimum absolute atomic E-state index is 0.187. The highest BCUT2D eigenvalue weighted by atomic mass is 16.7. The van der Waals surface area contributed by atoms with Crippen LogP contribution in [0.4, 0.5) is 0 Å². The van der Waals surface area contributed by atoms with E-state index in [1.165, 1.54) is 19.3 Å². The van der Waals surface area contributed by atoms with Crippen molar-refractivity contribution in [3.63, 3.8) is 0 Å². The molecular weight excluding hydrogens is 610 g/mol. The zero-order valence-electron chi connectivity index (χ0n) is 26.9. The quantitative estimate of drug-likeness (QED) is 0.197. The Labute approximate surface area is 280 Å². The number of rotatable bonds is 9. The maximum Gasteiger partial charge on any atom is 0.338 e.